The number of nitrogens with zero attached hydrogens (tertiary/aromatic N) is 1. The van der Waals surface area contributed by atoms with Gasteiger partial charge in [0.25, 0.3) is 11.4 Å². The minimum absolute atomic E-state index is 0. The maximum absolute atomic E-state index is 13.2. The van der Waals surface area contributed by atoms with E-state index in [1.807, 2.05) is 0 Å². The maximum atomic E-state index is 13.2. The quantitative estimate of drug-likeness (QED) is 0.463. The van der Waals surface area contributed by atoms with Crippen LogP contribution < -0.4 is 40.0 Å². The first-order chi connectivity index (χ1) is 9.18. The van der Waals surface area contributed by atoms with Crippen LogP contribution in [0.2, 0.25) is 0 Å². The van der Waals surface area contributed by atoms with Gasteiger partial charge in [-0.1, -0.05) is 12.1 Å². The van der Waals surface area contributed by atoms with Gasteiger partial charge in [0, 0.05) is 0 Å². The first-order valence-electron chi connectivity index (χ1n) is 5.14. The number of aliphatic imine (C=N–C) groups is 1. The van der Waals surface area contributed by atoms with Crippen molar-refractivity contribution in [2.45, 2.75) is 11.7 Å². The third-order valence-electron chi connectivity index (χ3n) is 2.71. The topological polar surface area (TPSA) is 81.6 Å². The average molecular weight is 312 g/mol. The minimum Gasteiger partial charge on any atom is -0.542 e. The molecule has 1 aromatic carbocycles. The summed E-state index contributed by atoms with van der Waals surface area (Å²) in [7, 11) is 0. The number of alkyl halides is 3. The number of carboxylic acids is 1. The van der Waals surface area contributed by atoms with Crippen molar-refractivity contribution in [3.8, 4) is 0 Å². The summed E-state index contributed by atoms with van der Waals surface area (Å²) in [5, 5.41) is 12.1. The Labute approximate surface area is 137 Å². The van der Waals surface area contributed by atoms with Crippen molar-refractivity contribution in [3.63, 3.8) is 0 Å². The zero-order chi connectivity index (χ0) is 15.1. The smallest absolute Gasteiger partial charge is 0.542 e. The zero-order valence-electron chi connectivity index (χ0n) is 10.5. The summed E-state index contributed by atoms with van der Waals surface area (Å²) in [5.41, 5.74) is -4.11. The molecule has 21 heavy (non-hydrogen) atoms. The van der Waals surface area contributed by atoms with Gasteiger partial charge in [-0.2, -0.15) is 13.2 Å². The normalized spacial score (nSPS) is 21.3. The van der Waals surface area contributed by atoms with Crippen LogP contribution in [0, 0.1) is 5.82 Å². The second-order valence-electron chi connectivity index (χ2n) is 3.92. The molecule has 2 rings (SSSR count). The molecule has 1 amide bonds. The summed E-state index contributed by atoms with van der Waals surface area (Å²) >= 11 is 0. The second kappa shape index (κ2) is 5.74. The molecule has 0 radical (unpaired) electrons. The van der Waals surface area contributed by atoms with E-state index in [1.165, 1.54) is 5.32 Å². The van der Waals surface area contributed by atoms with Crippen LogP contribution in [0.25, 0.3) is 0 Å². The molecule has 0 aliphatic carbocycles. The van der Waals surface area contributed by atoms with E-state index >= 15 is 0 Å². The van der Waals surface area contributed by atoms with Gasteiger partial charge in [-0.15, -0.1) is 0 Å². The first kappa shape index (κ1) is 17.6. The van der Waals surface area contributed by atoms with Gasteiger partial charge >= 0.3 is 35.7 Å². The summed E-state index contributed by atoms with van der Waals surface area (Å²) in [6, 6.07) is 2.85. The van der Waals surface area contributed by atoms with Gasteiger partial charge in [0.05, 0.1) is 0 Å². The van der Waals surface area contributed by atoms with Crippen molar-refractivity contribution in [2.75, 3.05) is 0 Å². The Morgan fingerprint density at radius 2 is 1.76 bits per heavy atom. The zero-order valence-corrected chi connectivity index (χ0v) is 12.5. The molecule has 0 aromatic heterocycles. The van der Waals surface area contributed by atoms with E-state index in [1.54, 1.807) is 0 Å². The molecular formula is C11H5F4N2NaO3. The fourth-order valence-corrected chi connectivity index (χ4v) is 1.78. The van der Waals surface area contributed by atoms with E-state index in [2.05, 4.69) is 4.99 Å². The SMILES string of the molecule is O=C([O-])C1=NC(c2ccc(F)cc2)(C(F)(F)F)C(=O)N1.[Na+]. The van der Waals surface area contributed by atoms with Crippen LogP contribution in [0.3, 0.4) is 0 Å². The molecule has 1 aliphatic heterocycles. The number of carbonyl (C=O) groups excluding carboxylic acids is 2. The van der Waals surface area contributed by atoms with Gasteiger partial charge < -0.3 is 15.2 Å². The number of amidine groups is 1. The Bertz CT molecular complexity index is 615. The van der Waals surface area contributed by atoms with Gasteiger partial charge in [0.2, 0.25) is 0 Å². The summed E-state index contributed by atoms with van der Waals surface area (Å²) in [6.07, 6.45) is -5.20. The predicted octanol–water partition coefficient (Wildman–Crippen LogP) is -3.13. The van der Waals surface area contributed by atoms with Crippen molar-refractivity contribution < 1.29 is 61.8 Å². The molecule has 106 valence electrons. The molecule has 0 saturated carbocycles. The van der Waals surface area contributed by atoms with Crippen molar-refractivity contribution in [3.05, 3.63) is 35.6 Å². The van der Waals surface area contributed by atoms with E-state index < -0.39 is 40.8 Å². The summed E-state index contributed by atoms with van der Waals surface area (Å²) in [6.45, 7) is 0. The molecule has 0 spiro atoms. The molecule has 0 saturated heterocycles. The molecule has 1 aromatic rings. The van der Waals surface area contributed by atoms with Gasteiger partial charge in [-0.25, -0.2) is 9.38 Å². The third-order valence-corrected chi connectivity index (χ3v) is 2.71. The summed E-state index contributed by atoms with van der Waals surface area (Å²) < 4.78 is 52.4. The molecule has 5 nitrogen and oxygen atoms in total. The van der Waals surface area contributed by atoms with Crippen LogP contribution in [0.5, 0.6) is 0 Å². The number of rotatable bonds is 2. The van der Waals surface area contributed by atoms with Crippen LogP contribution >= 0.6 is 0 Å². The van der Waals surface area contributed by atoms with Crippen LogP contribution in [0.15, 0.2) is 29.3 Å². The number of nitrogens with one attached hydrogen (secondary N) is 1. The van der Waals surface area contributed by atoms with Crippen LogP contribution in [0.1, 0.15) is 5.56 Å². The maximum Gasteiger partial charge on any atom is 1.00 e. The predicted molar refractivity (Wildman–Crippen MR) is 54.7 cm³/mol. The number of hydrogen-bond donors (Lipinski definition) is 1. The van der Waals surface area contributed by atoms with Crippen molar-refractivity contribution >= 4 is 17.7 Å². The molecular weight excluding hydrogens is 307 g/mol. The van der Waals surface area contributed by atoms with E-state index in [-0.39, 0.29) is 29.6 Å². The Morgan fingerprint density at radius 3 is 2.14 bits per heavy atom. The van der Waals surface area contributed by atoms with Gasteiger partial charge in [0.1, 0.15) is 11.8 Å². The number of hydrogen-bond acceptors (Lipinski definition) is 4. The first-order valence-corrected chi connectivity index (χ1v) is 5.14. The third kappa shape index (κ3) is 2.81. The number of halogens is 4. The van der Waals surface area contributed by atoms with Crippen molar-refractivity contribution in [2.24, 2.45) is 4.99 Å². The van der Waals surface area contributed by atoms with Crippen LogP contribution in [-0.2, 0) is 15.1 Å². The molecule has 0 fully saturated rings. The molecule has 0 bridgehead atoms. The van der Waals surface area contributed by atoms with E-state index in [0.29, 0.717) is 24.3 Å². The largest absolute Gasteiger partial charge is 1.00 e. The molecule has 1 aliphatic rings. The van der Waals surface area contributed by atoms with E-state index in [0.717, 1.165) is 0 Å². The van der Waals surface area contributed by atoms with Crippen LogP contribution in [-0.4, -0.2) is 23.9 Å². The molecule has 1 N–H and O–H groups in total. The number of amides is 1. The summed E-state index contributed by atoms with van der Waals surface area (Å²) in [5.74, 6) is -5.77. The van der Waals surface area contributed by atoms with E-state index in [4.69, 9.17) is 0 Å². The number of benzene rings is 1. The Morgan fingerprint density at radius 1 is 1.24 bits per heavy atom. The Balaban J connectivity index is 0.00000220. The Hall–Kier alpha value is -1.45. The van der Waals surface area contributed by atoms with Gasteiger partial charge in [-0.3, -0.25) is 4.79 Å². The molecule has 10 heteroatoms. The molecule has 1 atom stereocenters. The Kier molecular flexibility index (Phi) is 4.81. The monoisotopic (exact) mass is 312 g/mol. The summed E-state index contributed by atoms with van der Waals surface area (Å²) in [4.78, 5) is 25.1. The van der Waals surface area contributed by atoms with Crippen LogP contribution in [0.4, 0.5) is 17.6 Å². The second-order valence-corrected chi connectivity index (χ2v) is 3.92. The average Bonchev–Trinajstić information content (AvgIpc) is 2.69. The number of carbonyl (C=O) groups is 2. The molecule has 1 unspecified atom stereocenters. The fourth-order valence-electron chi connectivity index (χ4n) is 1.78. The number of aliphatic carboxylic acids is 1. The standard InChI is InChI=1S/C11H6F4N2O3.Na/c12-6-3-1-5(2-4-6)10(11(13,14)15)9(20)16-7(17-10)8(18)19;/h1-4H,(H,18,19)(H,16,17,20);/q;+1/p-1. The van der Waals surface area contributed by atoms with Gasteiger partial charge in [-0.05, 0) is 17.7 Å². The minimum atomic E-state index is -5.20. The van der Waals surface area contributed by atoms with Gasteiger partial charge in [0.15, 0.2) is 5.84 Å². The molecule has 1 heterocycles. The van der Waals surface area contributed by atoms with Crippen molar-refractivity contribution in [1.82, 2.24) is 5.32 Å². The van der Waals surface area contributed by atoms with E-state index in [9.17, 15) is 32.3 Å². The fraction of sp³-hybridized carbons (Fsp3) is 0.182. The van der Waals surface area contributed by atoms with Crippen molar-refractivity contribution in [1.29, 1.82) is 0 Å². The number of carboxylic acid groups (broad SMARTS) is 1.